The smallest absolute Gasteiger partial charge is 0.128 e. The molecule has 0 heterocycles. The number of hydrogen-bond acceptors (Lipinski definition) is 5. The van der Waals surface area contributed by atoms with Gasteiger partial charge in [0, 0.05) is 10.1 Å². The molecule has 0 aliphatic rings. The zero-order valence-electron chi connectivity index (χ0n) is 11.7. The topological polar surface area (TPSA) is 46.2 Å². The van der Waals surface area contributed by atoms with Crippen molar-refractivity contribution in [1.29, 1.82) is 0 Å². The standard InChI is InChI=1S/C13H26O5/c1-4-11-14-16-18-17-15-12-9-7-5-6-8-10-13(2)3/h4,11,13H,5-10,12H2,1-3H3. The van der Waals surface area contributed by atoms with E-state index in [1.807, 2.05) is 0 Å². The van der Waals surface area contributed by atoms with E-state index in [0.717, 1.165) is 18.8 Å². The van der Waals surface area contributed by atoms with Crippen molar-refractivity contribution in [1.82, 2.24) is 0 Å². The summed E-state index contributed by atoms with van der Waals surface area (Å²) >= 11 is 0. The predicted octanol–water partition coefficient (Wildman–Crippen LogP) is 4.26. The minimum atomic E-state index is 0.483. The summed E-state index contributed by atoms with van der Waals surface area (Å²) in [6, 6.07) is 0. The minimum Gasteiger partial charge on any atom is -0.314 e. The maximum atomic E-state index is 4.71. The van der Waals surface area contributed by atoms with Crippen molar-refractivity contribution >= 4 is 0 Å². The Bertz CT molecular complexity index is 182. The van der Waals surface area contributed by atoms with Crippen LogP contribution < -0.4 is 0 Å². The third-order valence-corrected chi connectivity index (χ3v) is 2.34. The number of hydrogen-bond donors (Lipinski definition) is 0. The van der Waals surface area contributed by atoms with Crippen molar-refractivity contribution < 1.29 is 24.9 Å². The van der Waals surface area contributed by atoms with Crippen molar-refractivity contribution in [3.63, 3.8) is 0 Å². The van der Waals surface area contributed by atoms with Crippen LogP contribution in [0.4, 0.5) is 0 Å². The highest BCUT2D eigenvalue weighted by Gasteiger charge is 1.96. The lowest BCUT2D eigenvalue weighted by Gasteiger charge is -2.04. The number of unbranched alkanes of at least 4 members (excludes halogenated alkanes) is 4. The lowest BCUT2D eigenvalue weighted by Crippen LogP contribution is -1.99. The highest BCUT2D eigenvalue weighted by atomic mass is 17.8. The minimum absolute atomic E-state index is 0.483. The first-order valence-corrected chi connectivity index (χ1v) is 6.66. The zero-order chi connectivity index (χ0) is 13.5. The average molecular weight is 262 g/mol. The molecular weight excluding hydrogens is 236 g/mol. The summed E-state index contributed by atoms with van der Waals surface area (Å²) in [6.45, 7) is 6.78. The molecule has 0 amide bonds. The van der Waals surface area contributed by atoms with Gasteiger partial charge in [-0.15, -0.1) is 0 Å². The van der Waals surface area contributed by atoms with Crippen LogP contribution in [-0.2, 0) is 24.9 Å². The SMILES string of the molecule is CC=COOOOOCCCCCCCC(C)C. The molecule has 0 rings (SSSR count). The molecule has 0 spiro atoms. The molecule has 0 radical (unpaired) electrons. The normalized spacial score (nSPS) is 11.6. The van der Waals surface area contributed by atoms with E-state index in [0.29, 0.717) is 6.61 Å². The predicted molar refractivity (Wildman–Crippen MR) is 67.6 cm³/mol. The summed E-state index contributed by atoms with van der Waals surface area (Å²) in [5.41, 5.74) is 0. The molecule has 5 heteroatoms. The number of rotatable bonds is 13. The fourth-order valence-electron chi connectivity index (χ4n) is 1.40. The van der Waals surface area contributed by atoms with Gasteiger partial charge >= 0.3 is 0 Å². The lowest BCUT2D eigenvalue weighted by molar-refractivity contribution is -0.700. The maximum Gasteiger partial charge on any atom is 0.128 e. The van der Waals surface area contributed by atoms with Crippen LogP contribution in [0.25, 0.3) is 0 Å². The first-order valence-electron chi connectivity index (χ1n) is 6.66. The molecular formula is C13H26O5. The van der Waals surface area contributed by atoms with Crippen molar-refractivity contribution in [3.8, 4) is 0 Å². The molecule has 0 unspecified atom stereocenters. The third-order valence-electron chi connectivity index (χ3n) is 2.34. The molecule has 0 atom stereocenters. The first-order chi connectivity index (χ1) is 8.77. The Hall–Kier alpha value is -0.620. The largest absolute Gasteiger partial charge is 0.314 e. The van der Waals surface area contributed by atoms with Crippen molar-refractivity contribution in [2.24, 2.45) is 5.92 Å². The van der Waals surface area contributed by atoms with Crippen LogP contribution in [0.3, 0.4) is 0 Å². The van der Waals surface area contributed by atoms with E-state index in [-0.39, 0.29) is 0 Å². The monoisotopic (exact) mass is 262 g/mol. The summed E-state index contributed by atoms with van der Waals surface area (Å²) < 4.78 is 0. The van der Waals surface area contributed by atoms with E-state index in [2.05, 4.69) is 33.8 Å². The van der Waals surface area contributed by atoms with Gasteiger partial charge in [0.2, 0.25) is 0 Å². The van der Waals surface area contributed by atoms with E-state index >= 15 is 0 Å². The van der Waals surface area contributed by atoms with Gasteiger partial charge in [-0.3, -0.25) is 0 Å². The van der Waals surface area contributed by atoms with Crippen molar-refractivity contribution in [2.45, 2.75) is 59.3 Å². The summed E-state index contributed by atoms with van der Waals surface area (Å²) in [6.07, 6.45) is 10.2. The van der Waals surface area contributed by atoms with Crippen molar-refractivity contribution in [3.05, 3.63) is 12.3 Å². The molecule has 0 aliphatic heterocycles. The van der Waals surface area contributed by atoms with Gasteiger partial charge in [0.25, 0.3) is 0 Å². The lowest BCUT2D eigenvalue weighted by atomic mass is 10.0. The molecule has 5 nitrogen and oxygen atoms in total. The Kier molecular flexibility index (Phi) is 13.9. The second-order valence-corrected chi connectivity index (χ2v) is 4.54. The molecule has 0 N–H and O–H groups in total. The second-order valence-electron chi connectivity index (χ2n) is 4.54. The maximum absolute atomic E-state index is 4.71. The van der Waals surface area contributed by atoms with Crippen LogP contribution in [0.15, 0.2) is 12.3 Å². The van der Waals surface area contributed by atoms with Gasteiger partial charge in [0.15, 0.2) is 0 Å². The Balaban J connectivity index is 2.94. The zero-order valence-corrected chi connectivity index (χ0v) is 11.7. The molecule has 0 bridgehead atoms. The third kappa shape index (κ3) is 15.4. The molecule has 0 aromatic carbocycles. The molecule has 0 aromatic rings. The summed E-state index contributed by atoms with van der Waals surface area (Å²) in [5.74, 6) is 0.809. The van der Waals surface area contributed by atoms with E-state index in [1.54, 1.807) is 13.0 Å². The summed E-state index contributed by atoms with van der Waals surface area (Å²) in [7, 11) is 0. The Morgan fingerprint density at radius 3 is 2.33 bits per heavy atom. The molecule has 108 valence electrons. The molecule has 18 heavy (non-hydrogen) atoms. The second kappa shape index (κ2) is 14.4. The van der Waals surface area contributed by atoms with Gasteiger partial charge in [-0.1, -0.05) is 46.0 Å². The Morgan fingerprint density at radius 2 is 1.61 bits per heavy atom. The highest BCUT2D eigenvalue weighted by molar-refractivity contribution is 4.62. The van der Waals surface area contributed by atoms with E-state index < -0.39 is 0 Å². The fraction of sp³-hybridized carbons (Fsp3) is 0.846. The fourth-order valence-corrected chi connectivity index (χ4v) is 1.40. The van der Waals surface area contributed by atoms with Crippen LogP contribution in [0.2, 0.25) is 0 Å². The molecule has 0 saturated carbocycles. The van der Waals surface area contributed by atoms with Gasteiger partial charge in [-0.2, -0.15) is 0 Å². The summed E-state index contributed by atoms with van der Waals surface area (Å²) in [5, 5.41) is 12.5. The van der Waals surface area contributed by atoms with E-state index in [9.17, 15) is 0 Å². The van der Waals surface area contributed by atoms with Gasteiger partial charge in [0.1, 0.15) is 6.26 Å². The van der Waals surface area contributed by atoms with E-state index in [4.69, 9.17) is 4.89 Å². The molecule has 0 fully saturated rings. The Labute approximate surface area is 110 Å². The Morgan fingerprint density at radius 1 is 0.889 bits per heavy atom. The van der Waals surface area contributed by atoms with Gasteiger partial charge < -0.3 is 4.89 Å². The summed E-state index contributed by atoms with van der Waals surface area (Å²) in [4.78, 5) is 9.07. The van der Waals surface area contributed by atoms with Gasteiger partial charge in [-0.25, -0.2) is 4.89 Å². The molecule has 0 aliphatic carbocycles. The van der Waals surface area contributed by atoms with Crippen LogP contribution in [0, 0.1) is 5.92 Å². The molecule has 0 aromatic heterocycles. The van der Waals surface area contributed by atoms with Crippen LogP contribution in [0.1, 0.15) is 59.3 Å². The van der Waals surface area contributed by atoms with Crippen LogP contribution in [0.5, 0.6) is 0 Å². The van der Waals surface area contributed by atoms with Crippen LogP contribution >= 0.6 is 0 Å². The first kappa shape index (κ1) is 17.4. The van der Waals surface area contributed by atoms with Crippen LogP contribution in [-0.4, -0.2) is 6.61 Å². The molecule has 0 saturated heterocycles. The number of allylic oxidation sites excluding steroid dienone is 1. The van der Waals surface area contributed by atoms with Crippen molar-refractivity contribution in [2.75, 3.05) is 6.61 Å². The highest BCUT2D eigenvalue weighted by Crippen LogP contribution is 2.10. The van der Waals surface area contributed by atoms with E-state index in [1.165, 1.54) is 31.9 Å². The quantitative estimate of drug-likeness (QED) is 0.215. The van der Waals surface area contributed by atoms with Gasteiger partial charge in [-0.05, 0) is 30.4 Å². The average Bonchev–Trinajstić information content (AvgIpc) is 2.34. The van der Waals surface area contributed by atoms with Gasteiger partial charge in [0.05, 0.1) is 6.61 Å².